The molecular weight excluding hydrogens is 286 g/mol. The summed E-state index contributed by atoms with van der Waals surface area (Å²) in [5, 5.41) is 25.2. The molecule has 0 aliphatic carbocycles. The Balaban J connectivity index is 3.82. The molecular formula is C11H21N3O5S. The summed E-state index contributed by atoms with van der Waals surface area (Å²) in [5.41, 5.74) is -0.565. The summed E-state index contributed by atoms with van der Waals surface area (Å²) in [6.07, 6.45) is -0.544. The number of carboxylic acid groups (broad SMARTS) is 1. The number of hydrogen-bond donors (Lipinski definition) is 5. The Kier molecular flexibility index (Phi) is 7.85. The fourth-order valence-electron chi connectivity index (χ4n) is 1.05. The van der Waals surface area contributed by atoms with Crippen molar-refractivity contribution in [2.45, 2.75) is 32.4 Å². The van der Waals surface area contributed by atoms with Crippen molar-refractivity contribution in [3.63, 3.8) is 0 Å². The molecule has 0 radical (unpaired) electrons. The summed E-state index contributed by atoms with van der Waals surface area (Å²) in [7, 11) is 0. The fourth-order valence-corrected chi connectivity index (χ4v) is 1.29. The van der Waals surface area contributed by atoms with Crippen molar-refractivity contribution < 1.29 is 24.5 Å². The smallest absolute Gasteiger partial charge is 0.407 e. The lowest BCUT2D eigenvalue weighted by Crippen LogP contribution is -2.49. The van der Waals surface area contributed by atoms with Crippen LogP contribution in [0.2, 0.25) is 0 Å². The third-order valence-electron chi connectivity index (χ3n) is 1.86. The van der Waals surface area contributed by atoms with Crippen LogP contribution in [0.25, 0.3) is 0 Å². The van der Waals surface area contributed by atoms with E-state index >= 15 is 0 Å². The second-order valence-corrected chi connectivity index (χ2v) is 5.31. The number of thiocarbonyl (C=S) groups is 1. The summed E-state index contributed by atoms with van der Waals surface area (Å²) in [4.78, 5) is 21.9. The van der Waals surface area contributed by atoms with Gasteiger partial charge >= 0.3 is 12.1 Å². The van der Waals surface area contributed by atoms with E-state index in [9.17, 15) is 9.59 Å². The zero-order valence-electron chi connectivity index (χ0n) is 11.7. The number of alkyl carbamates (subject to hydrolysis) is 1. The van der Waals surface area contributed by atoms with Gasteiger partial charge in [-0.15, -0.1) is 0 Å². The number of amides is 1. The zero-order chi connectivity index (χ0) is 15.8. The van der Waals surface area contributed by atoms with Gasteiger partial charge in [0.15, 0.2) is 5.11 Å². The Morgan fingerprint density at radius 1 is 1.25 bits per heavy atom. The van der Waals surface area contributed by atoms with Gasteiger partial charge in [0.05, 0.1) is 6.61 Å². The van der Waals surface area contributed by atoms with Crippen molar-refractivity contribution >= 4 is 29.4 Å². The first-order chi connectivity index (χ1) is 9.15. The SMILES string of the molecule is CC(C)(C)OC(=O)NCCNC(=S)NC(CO)C(=O)O. The molecule has 20 heavy (non-hydrogen) atoms. The lowest BCUT2D eigenvalue weighted by Gasteiger charge is -2.20. The number of ether oxygens (including phenoxy) is 1. The maximum atomic E-state index is 11.3. The molecule has 5 N–H and O–H groups in total. The first-order valence-electron chi connectivity index (χ1n) is 6.00. The molecule has 9 heteroatoms. The van der Waals surface area contributed by atoms with E-state index in [2.05, 4.69) is 16.0 Å². The molecule has 1 unspecified atom stereocenters. The molecule has 0 aromatic carbocycles. The number of carboxylic acids is 1. The van der Waals surface area contributed by atoms with Crippen LogP contribution in [0.15, 0.2) is 0 Å². The molecule has 0 aliphatic rings. The van der Waals surface area contributed by atoms with Crippen LogP contribution in [0.3, 0.4) is 0 Å². The van der Waals surface area contributed by atoms with Gasteiger partial charge < -0.3 is 30.9 Å². The molecule has 0 aliphatic heterocycles. The first-order valence-corrected chi connectivity index (χ1v) is 6.41. The van der Waals surface area contributed by atoms with Gasteiger partial charge in [0, 0.05) is 13.1 Å². The molecule has 1 atom stereocenters. The summed E-state index contributed by atoms with van der Waals surface area (Å²) in [6.45, 7) is 5.24. The maximum Gasteiger partial charge on any atom is 0.407 e. The van der Waals surface area contributed by atoms with E-state index in [1.54, 1.807) is 20.8 Å². The van der Waals surface area contributed by atoms with Crippen molar-refractivity contribution in [3.8, 4) is 0 Å². The number of carbonyl (C=O) groups excluding carboxylic acids is 1. The van der Waals surface area contributed by atoms with Gasteiger partial charge in [0.1, 0.15) is 11.6 Å². The monoisotopic (exact) mass is 307 g/mol. The summed E-state index contributed by atoms with van der Waals surface area (Å²) >= 11 is 4.84. The average molecular weight is 307 g/mol. The van der Waals surface area contributed by atoms with E-state index in [0.717, 1.165) is 0 Å². The average Bonchev–Trinajstić information content (AvgIpc) is 2.29. The minimum atomic E-state index is -1.21. The highest BCUT2D eigenvalue weighted by atomic mass is 32.1. The van der Waals surface area contributed by atoms with E-state index in [1.807, 2.05) is 0 Å². The van der Waals surface area contributed by atoms with Gasteiger partial charge in [-0.25, -0.2) is 9.59 Å². The topological polar surface area (TPSA) is 120 Å². The normalized spacial score (nSPS) is 12.2. The molecule has 0 spiro atoms. The molecule has 0 fully saturated rings. The molecule has 0 aromatic rings. The van der Waals surface area contributed by atoms with Crippen molar-refractivity contribution in [1.29, 1.82) is 0 Å². The minimum Gasteiger partial charge on any atom is -0.480 e. The van der Waals surface area contributed by atoms with Crippen molar-refractivity contribution in [3.05, 3.63) is 0 Å². The second-order valence-electron chi connectivity index (χ2n) is 4.90. The second kappa shape index (κ2) is 8.54. The molecule has 116 valence electrons. The quantitative estimate of drug-likeness (QED) is 0.327. The van der Waals surface area contributed by atoms with Gasteiger partial charge in [-0.3, -0.25) is 0 Å². The third kappa shape index (κ3) is 9.34. The summed E-state index contributed by atoms with van der Waals surface area (Å²) < 4.78 is 5.02. The molecule has 0 saturated carbocycles. The van der Waals surface area contributed by atoms with Crippen LogP contribution in [0.4, 0.5) is 4.79 Å². The van der Waals surface area contributed by atoms with E-state index in [4.69, 9.17) is 27.2 Å². The Bertz CT molecular complexity index is 356. The van der Waals surface area contributed by atoms with Crippen LogP contribution in [0.1, 0.15) is 20.8 Å². The standard InChI is InChI=1S/C11H21N3O5S/c1-11(2,3)19-10(18)13-5-4-12-9(20)14-7(6-15)8(16)17/h7,15H,4-6H2,1-3H3,(H,13,18)(H,16,17)(H2,12,14,20). The van der Waals surface area contributed by atoms with E-state index < -0.39 is 30.3 Å². The summed E-state index contributed by atoms with van der Waals surface area (Å²) in [5.74, 6) is -1.21. The molecule has 8 nitrogen and oxygen atoms in total. The van der Waals surface area contributed by atoms with Crippen LogP contribution in [0, 0.1) is 0 Å². The molecule has 0 saturated heterocycles. The number of carbonyl (C=O) groups is 2. The predicted octanol–water partition coefficient (Wildman–Crippen LogP) is -0.579. The Labute approximate surface area is 122 Å². The van der Waals surface area contributed by atoms with Crippen molar-refractivity contribution in [2.75, 3.05) is 19.7 Å². The highest BCUT2D eigenvalue weighted by molar-refractivity contribution is 7.80. The fraction of sp³-hybridized carbons (Fsp3) is 0.727. The maximum absolute atomic E-state index is 11.3. The Hall–Kier alpha value is -1.61. The van der Waals surface area contributed by atoms with Crippen LogP contribution in [-0.4, -0.2) is 58.7 Å². The lowest BCUT2D eigenvalue weighted by atomic mass is 10.2. The Morgan fingerprint density at radius 3 is 2.25 bits per heavy atom. The highest BCUT2D eigenvalue weighted by Crippen LogP contribution is 2.05. The minimum absolute atomic E-state index is 0.0810. The van der Waals surface area contributed by atoms with E-state index in [1.165, 1.54) is 0 Å². The molecule has 0 rings (SSSR count). The number of nitrogens with one attached hydrogen (secondary N) is 3. The van der Waals surface area contributed by atoms with Crippen LogP contribution >= 0.6 is 12.2 Å². The number of aliphatic hydroxyl groups is 1. The van der Waals surface area contributed by atoms with Gasteiger partial charge in [0.25, 0.3) is 0 Å². The van der Waals surface area contributed by atoms with Crippen LogP contribution in [-0.2, 0) is 9.53 Å². The van der Waals surface area contributed by atoms with E-state index in [-0.39, 0.29) is 11.7 Å². The van der Waals surface area contributed by atoms with E-state index in [0.29, 0.717) is 6.54 Å². The molecule has 1 amide bonds. The Morgan fingerprint density at radius 2 is 1.80 bits per heavy atom. The number of hydrogen-bond acceptors (Lipinski definition) is 5. The highest BCUT2D eigenvalue weighted by Gasteiger charge is 2.17. The number of rotatable bonds is 6. The van der Waals surface area contributed by atoms with Gasteiger partial charge in [-0.2, -0.15) is 0 Å². The molecule has 0 heterocycles. The lowest BCUT2D eigenvalue weighted by molar-refractivity contribution is -0.140. The van der Waals surface area contributed by atoms with Crippen LogP contribution in [0.5, 0.6) is 0 Å². The number of aliphatic carboxylic acids is 1. The zero-order valence-corrected chi connectivity index (χ0v) is 12.5. The van der Waals surface area contributed by atoms with Gasteiger partial charge in [-0.1, -0.05) is 0 Å². The summed E-state index contributed by atoms with van der Waals surface area (Å²) in [6, 6.07) is -1.16. The first kappa shape index (κ1) is 18.4. The van der Waals surface area contributed by atoms with Crippen LogP contribution < -0.4 is 16.0 Å². The van der Waals surface area contributed by atoms with Crippen molar-refractivity contribution in [1.82, 2.24) is 16.0 Å². The number of aliphatic hydroxyl groups excluding tert-OH is 1. The largest absolute Gasteiger partial charge is 0.480 e. The molecule has 0 aromatic heterocycles. The predicted molar refractivity (Wildman–Crippen MR) is 76.5 cm³/mol. The van der Waals surface area contributed by atoms with Crippen molar-refractivity contribution in [2.24, 2.45) is 0 Å². The van der Waals surface area contributed by atoms with Gasteiger partial charge in [0.2, 0.25) is 0 Å². The van der Waals surface area contributed by atoms with Gasteiger partial charge in [-0.05, 0) is 33.0 Å². The molecule has 0 bridgehead atoms. The third-order valence-corrected chi connectivity index (χ3v) is 2.13.